The van der Waals surface area contributed by atoms with Crippen LogP contribution in [0, 0.1) is 0 Å². The molecule has 0 aromatic rings. The number of hydrogen-bond donors (Lipinski definition) is 4. The summed E-state index contributed by atoms with van der Waals surface area (Å²) in [5.74, 6) is -0.450. The average molecular weight is 150 g/mol. The normalized spacial score (nSPS) is 8.20. The van der Waals surface area contributed by atoms with Crippen LogP contribution in [0.15, 0.2) is 0 Å². The predicted octanol–water partition coefficient (Wildman–Crippen LogP) is -1.27. The third-order valence-corrected chi connectivity index (χ3v) is 0.513. The van der Waals surface area contributed by atoms with E-state index in [1.807, 2.05) is 10.9 Å². The number of carbonyl (C=O) groups excluding carboxylic acids is 2. The van der Waals surface area contributed by atoms with Gasteiger partial charge >= 0.3 is 6.03 Å². The Kier molecular flexibility index (Phi) is 3.89. The fourth-order valence-corrected chi connectivity index (χ4v) is 0.219. The first-order valence-corrected chi connectivity index (χ1v) is 2.35. The fourth-order valence-electron chi connectivity index (χ4n) is 0.219. The Labute approximate surface area is 56.0 Å². The highest BCUT2D eigenvalue weighted by Gasteiger charge is 1.96. The lowest BCUT2D eigenvalue weighted by atomic mass is 10.8. The first-order chi connectivity index (χ1) is 4.66. The molecule has 0 fully saturated rings. The van der Waals surface area contributed by atoms with Crippen LogP contribution in [0.1, 0.15) is 6.92 Å². The van der Waals surface area contributed by atoms with Crippen molar-refractivity contribution in [2.45, 2.75) is 6.92 Å². The van der Waals surface area contributed by atoms with Gasteiger partial charge in [0, 0.05) is 6.92 Å². The van der Waals surface area contributed by atoms with Crippen LogP contribution in [0.2, 0.25) is 0 Å². The molecular formula is C3H7FN4O2. The van der Waals surface area contributed by atoms with E-state index >= 15 is 0 Å². The number of carbonyl (C=O) groups is 2. The maximum Gasteiger partial charge on any atom is 0.349 e. The maximum atomic E-state index is 11.0. The predicted molar refractivity (Wildman–Crippen MR) is 29.7 cm³/mol. The smallest absolute Gasteiger partial charge is 0.274 e. The van der Waals surface area contributed by atoms with Crippen molar-refractivity contribution in [3.63, 3.8) is 0 Å². The van der Waals surface area contributed by atoms with Gasteiger partial charge in [0.15, 0.2) is 0 Å². The molecule has 0 heterocycles. The Hall–Kier alpha value is -1.37. The quantitative estimate of drug-likeness (QED) is 0.278. The van der Waals surface area contributed by atoms with Crippen LogP contribution in [0.25, 0.3) is 0 Å². The van der Waals surface area contributed by atoms with Crippen LogP contribution in [-0.2, 0) is 4.79 Å². The standard InChI is InChI=1S/C3H7FN4O2/c1-2(9)5-6-3(10)7-8-4/h8H,1H3,(H,5,9)(H2,6,7,10). The summed E-state index contributed by atoms with van der Waals surface area (Å²) in [7, 11) is 0. The van der Waals surface area contributed by atoms with Gasteiger partial charge in [-0.2, -0.15) is 0 Å². The molecule has 0 rings (SSSR count). The number of amides is 3. The van der Waals surface area contributed by atoms with E-state index in [2.05, 4.69) is 0 Å². The minimum Gasteiger partial charge on any atom is -0.274 e. The first kappa shape index (κ1) is 8.63. The highest BCUT2D eigenvalue weighted by molar-refractivity contribution is 5.79. The first-order valence-electron chi connectivity index (χ1n) is 2.35. The van der Waals surface area contributed by atoms with Gasteiger partial charge in [-0.25, -0.2) is 15.6 Å². The van der Waals surface area contributed by atoms with Crippen LogP contribution in [0.4, 0.5) is 9.28 Å². The molecule has 6 nitrogen and oxygen atoms in total. The molecule has 10 heavy (non-hydrogen) atoms. The summed E-state index contributed by atoms with van der Waals surface area (Å²) in [4.78, 5) is 20.3. The number of hydrazine groups is 2. The van der Waals surface area contributed by atoms with E-state index in [1.54, 1.807) is 0 Å². The largest absolute Gasteiger partial charge is 0.349 e. The van der Waals surface area contributed by atoms with Gasteiger partial charge in [-0.05, 0) is 0 Å². The van der Waals surface area contributed by atoms with Crippen molar-refractivity contribution in [1.82, 2.24) is 21.9 Å². The fraction of sp³-hybridized carbons (Fsp3) is 0.333. The minimum absolute atomic E-state index is 0.450. The highest BCUT2D eigenvalue weighted by Crippen LogP contribution is 1.57. The second kappa shape index (κ2) is 4.50. The number of halogens is 1. The number of rotatable bonds is 1. The molecule has 0 radical (unpaired) electrons. The van der Waals surface area contributed by atoms with Gasteiger partial charge in [-0.15, -0.1) is 4.48 Å². The number of hydrogen-bond acceptors (Lipinski definition) is 3. The van der Waals surface area contributed by atoms with E-state index in [4.69, 9.17) is 0 Å². The van der Waals surface area contributed by atoms with Crippen LogP contribution in [0.5, 0.6) is 0 Å². The molecule has 7 heteroatoms. The molecule has 0 aliphatic carbocycles. The summed E-state index contributed by atoms with van der Waals surface area (Å²) in [5.41, 5.74) is 6.15. The van der Waals surface area contributed by atoms with Crippen LogP contribution in [0.3, 0.4) is 0 Å². The Morgan fingerprint density at radius 2 is 1.80 bits per heavy atom. The van der Waals surface area contributed by atoms with Crippen molar-refractivity contribution in [2.24, 2.45) is 0 Å². The second-order valence-electron chi connectivity index (χ2n) is 1.35. The molecule has 0 aromatic heterocycles. The van der Waals surface area contributed by atoms with Crippen molar-refractivity contribution in [2.75, 3.05) is 0 Å². The van der Waals surface area contributed by atoms with Gasteiger partial charge in [-0.3, -0.25) is 10.2 Å². The molecule has 58 valence electrons. The monoisotopic (exact) mass is 150 g/mol. The van der Waals surface area contributed by atoms with Crippen molar-refractivity contribution in [3.8, 4) is 0 Å². The van der Waals surface area contributed by atoms with E-state index in [9.17, 15) is 14.1 Å². The molecule has 0 aromatic carbocycles. The van der Waals surface area contributed by atoms with Gasteiger partial charge < -0.3 is 0 Å². The average Bonchev–Trinajstić information content (AvgIpc) is 1.85. The lowest BCUT2D eigenvalue weighted by molar-refractivity contribution is -0.119. The molecule has 3 amide bonds. The van der Waals surface area contributed by atoms with Crippen LogP contribution in [-0.4, -0.2) is 11.9 Å². The summed E-state index contributed by atoms with van der Waals surface area (Å²) in [6.07, 6.45) is 0. The van der Waals surface area contributed by atoms with Gasteiger partial charge in [0.1, 0.15) is 0 Å². The van der Waals surface area contributed by atoms with Crippen molar-refractivity contribution < 1.29 is 14.1 Å². The molecule has 0 saturated carbocycles. The third-order valence-electron chi connectivity index (χ3n) is 0.513. The number of urea groups is 1. The summed E-state index contributed by atoms with van der Waals surface area (Å²) in [6, 6.07) is -0.891. The molecule has 0 bridgehead atoms. The Bertz CT molecular complexity index is 138. The van der Waals surface area contributed by atoms with Gasteiger partial charge in [-0.1, -0.05) is 5.65 Å². The molecule has 0 aliphatic heterocycles. The molecule has 0 unspecified atom stereocenters. The lowest BCUT2D eigenvalue weighted by Gasteiger charge is -2.02. The van der Waals surface area contributed by atoms with Gasteiger partial charge in [0.25, 0.3) is 0 Å². The highest BCUT2D eigenvalue weighted by atomic mass is 19.2. The zero-order valence-electron chi connectivity index (χ0n) is 5.19. The van der Waals surface area contributed by atoms with Crippen molar-refractivity contribution in [3.05, 3.63) is 0 Å². The van der Waals surface area contributed by atoms with Crippen molar-refractivity contribution >= 4 is 11.9 Å². The second-order valence-corrected chi connectivity index (χ2v) is 1.35. The van der Waals surface area contributed by atoms with Crippen LogP contribution < -0.4 is 21.9 Å². The van der Waals surface area contributed by atoms with E-state index < -0.39 is 11.9 Å². The van der Waals surface area contributed by atoms with E-state index in [-0.39, 0.29) is 0 Å². The summed E-state index contributed by atoms with van der Waals surface area (Å²) in [5, 5.41) is 0. The third kappa shape index (κ3) is 4.78. The zero-order valence-corrected chi connectivity index (χ0v) is 5.19. The summed E-state index contributed by atoms with van der Waals surface area (Å²) < 4.78 is 11.0. The summed E-state index contributed by atoms with van der Waals surface area (Å²) >= 11 is 0. The van der Waals surface area contributed by atoms with Gasteiger partial charge in [0.2, 0.25) is 5.91 Å². The van der Waals surface area contributed by atoms with Crippen LogP contribution >= 0.6 is 0 Å². The molecule has 4 N–H and O–H groups in total. The summed E-state index contributed by atoms with van der Waals surface area (Å²) in [6.45, 7) is 1.20. The zero-order chi connectivity index (χ0) is 7.98. The topological polar surface area (TPSA) is 82.3 Å². The molecule has 0 spiro atoms. The molecule has 0 saturated heterocycles. The molecule has 0 aliphatic rings. The van der Waals surface area contributed by atoms with E-state index in [0.717, 1.165) is 5.65 Å². The number of nitrogens with one attached hydrogen (secondary N) is 4. The van der Waals surface area contributed by atoms with E-state index in [1.165, 1.54) is 12.3 Å². The van der Waals surface area contributed by atoms with Crippen molar-refractivity contribution in [1.29, 1.82) is 0 Å². The molecule has 0 atom stereocenters. The Morgan fingerprint density at radius 3 is 2.20 bits per heavy atom. The Balaban J connectivity index is 3.30. The van der Waals surface area contributed by atoms with E-state index in [0.29, 0.717) is 0 Å². The minimum atomic E-state index is -0.891. The SMILES string of the molecule is CC(=O)NNC(=O)NNF. The molecular weight excluding hydrogens is 143 g/mol. The van der Waals surface area contributed by atoms with Gasteiger partial charge in [0.05, 0.1) is 0 Å². The Morgan fingerprint density at radius 1 is 1.20 bits per heavy atom. The lowest BCUT2D eigenvalue weighted by Crippen LogP contribution is -2.48. The maximum absolute atomic E-state index is 11.0.